The second-order valence-corrected chi connectivity index (χ2v) is 4.77. The van der Waals surface area contributed by atoms with Crippen LogP contribution in [0.5, 0.6) is 11.5 Å². The number of amides is 3. The van der Waals surface area contributed by atoms with E-state index in [4.69, 9.17) is 4.74 Å². The number of benzene rings is 2. The molecule has 5 heteroatoms. The van der Waals surface area contributed by atoms with E-state index in [1.165, 1.54) is 0 Å². The van der Waals surface area contributed by atoms with Crippen molar-refractivity contribution in [3.63, 3.8) is 0 Å². The van der Waals surface area contributed by atoms with Crippen LogP contribution in [0.1, 0.15) is 18.0 Å². The van der Waals surface area contributed by atoms with Gasteiger partial charge in [-0.05, 0) is 29.8 Å². The second kappa shape index (κ2) is 5.66. The van der Waals surface area contributed by atoms with Gasteiger partial charge in [-0.1, -0.05) is 30.3 Å². The van der Waals surface area contributed by atoms with Crippen LogP contribution in [0, 0.1) is 0 Å². The average molecular weight is 282 g/mol. The van der Waals surface area contributed by atoms with Gasteiger partial charge in [0.1, 0.15) is 11.5 Å². The lowest BCUT2D eigenvalue weighted by atomic mass is 10.0. The third kappa shape index (κ3) is 3.20. The summed E-state index contributed by atoms with van der Waals surface area (Å²) in [6.45, 7) is 0. The summed E-state index contributed by atoms with van der Waals surface area (Å²) in [5.74, 6) is 1.12. The predicted octanol–water partition coefficient (Wildman–Crippen LogP) is 2.75. The first kappa shape index (κ1) is 13.2. The number of rotatable bonds is 3. The minimum atomic E-state index is -0.467. The van der Waals surface area contributed by atoms with Gasteiger partial charge in [-0.15, -0.1) is 0 Å². The first-order chi connectivity index (χ1) is 10.2. The minimum absolute atomic E-state index is 0.223. The summed E-state index contributed by atoms with van der Waals surface area (Å²) < 4.78 is 5.75. The number of nitrogens with one attached hydrogen (secondary N) is 2. The first-order valence-electron chi connectivity index (χ1n) is 6.64. The number of hydrogen-bond acceptors (Lipinski definition) is 3. The van der Waals surface area contributed by atoms with Gasteiger partial charge in [0.15, 0.2) is 0 Å². The van der Waals surface area contributed by atoms with Crippen LogP contribution < -0.4 is 15.4 Å². The number of hydrogen-bond donors (Lipinski definition) is 2. The highest BCUT2D eigenvalue weighted by molar-refractivity contribution is 5.97. The van der Waals surface area contributed by atoms with E-state index in [-0.39, 0.29) is 18.4 Å². The van der Waals surface area contributed by atoms with Crippen molar-refractivity contribution in [1.82, 2.24) is 10.6 Å². The van der Waals surface area contributed by atoms with Crippen LogP contribution in [0.3, 0.4) is 0 Å². The fourth-order valence-corrected chi connectivity index (χ4v) is 2.23. The Balaban J connectivity index is 1.80. The van der Waals surface area contributed by atoms with E-state index in [1.807, 2.05) is 54.6 Å². The molecule has 3 rings (SSSR count). The molecule has 1 fully saturated rings. The molecular weight excluding hydrogens is 268 g/mol. The molecule has 1 heterocycles. The Morgan fingerprint density at radius 1 is 0.952 bits per heavy atom. The summed E-state index contributed by atoms with van der Waals surface area (Å²) in [7, 11) is 0. The molecule has 2 aromatic carbocycles. The lowest BCUT2D eigenvalue weighted by Gasteiger charge is -2.23. The summed E-state index contributed by atoms with van der Waals surface area (Å²) in [4.78, 5) is 22.8. The smallest absolute Gasteiger partial charge is 0.321 e. The Morgan fingerprint density at radius 3 is 2.48 bits per heavy atom. The molecule has 2 N–H and O–H groups in total. The topological polar surface area (TPSA) is 67.4 Å². The van der Waals surface area contributed by atoms with Crippen molar-refractivity contribution in [2.75, 3.05) is 0 Å². The Hall–Kier alpha value is -2.82. The highest BCUT2D eigenvalue weighted by atomic mass is 16.5. The molecule has 0 aliphatic carbocycles. The lowest BCUT2D eigenvalue weighted by molar-refractivity contribution is -0.121. The molecule has 0 unspecified atom stereocenters. The third-order valence-electron chi connectivity index (χ3n) is 3.19. The van der Waals surface area contributed by atoms with Crippen LogP contribution in [0.15, 0.2) is 54.6 Å². The molecule has 1 aliphatic rings. The molecule has 1 atom stereocenters. The number of ether oxygens (including phenoxy) is 1. The molecule has 1 saturated heterocycles. The Morgan fingerprint density at radius 2 is 1.71 bits per heavy atom. The van der Waals surface area contributed by atoms with E-state index in [1.54, 1.807) is 0 Å². The van der Waals surface area contributed by atoms with E-state index >= 15 is 0 Å². The zero-order valence-electron chi connectivity index (χ0n) is 11.2. The van der Waals surface area contributed by atoms with Crippen molar-refractivity contribution in [1.29, 1.82) is 0 Å². The second-order valence-electron chi connectivity index (χ2n) is 4.77. The van der Waals surface area contributed by atoms with Crippen molar-refractivity contribution in [2.45, 2.75) is 12.5 Å². The molecular formula is C16H14N2O3. The SMILES string of the molecule is O=C1C[C@H](c2cccc(Oc3ccccc3)c2)NC(=O)N1. The molecule has 0 aromatic heterocycles. The van der Waals surface area contributed by atoms with E-state index < -0.39 is 6.03 Å². The maximum Gasteiger partial charge on any atom is 0.321 e. The van der Waals surface area contributed by atoms with E-state index in [0.29, 0.717) is 5.75 Å². The van der Waals surface area contributed by atoms with Gasteiger partial charge in [0.05, 0.1) is 12.5 Å². The zero-order chi connectivity index (χ0) is 14.7. The monoisotopic (exact) mass is 282 g/mol. The third-order valence-corrected chi connectivity index (χ3v) is 3.19. The highest BCUT2D eigenvalue weighted by Gasteiger charge is 2.25. The van der Waals surface area contributed by atoms with Gasteiger partial charge >= 0.3 is 6.03 Å². The van der Waals surface area contributed by atoms with Crippen LogP contribution in [-0.4, -0.2) is 11.9 Å². The molecule has 21 heavy (non-hydrogen) atoms. The lowest BCUT2D eigenvalue weighted by Crippen LogP contribution is -2.48. The average Bonchev–Trinajstić information content (AvgIpc) is 2.47. The molecule has 1 aliphatic heterocycles. The van der Waals surface area contributed by atoms with Gasteiger partial charge in [0.25, 0.3) is 0 Å². The normalized spacial score (nSPS) is 17.8. The predicted molar refractivity (Wildman–Crippen MR) is 77.0 cm³/mol. The number of para-hydroxylation sites is 1. The van der Waals surface area contributed by atoms with Crippen LogP contribution in [0.4, 0.5) is 4.79 Å². The largest absolute Gasteiger partial charge is 0.457 e. The Labute approximate surface area is 121 Å². The molecule has 2 aromatic rings. The molecule has 0 radical (unpaired) electrons. The van der Waals surface area contributed by atoms with Crippen molar-refractivity contribution >= 4 is 11.9 Å². The summed E-state index contributed by atoms with van der Waals surface area (Å²) in [6.07, 6.45) is 0.223. The fraction of sp³-hybridized carbons (Fsp3) is 0.125. The van der Waals surface area contributed by atoms with Crippen LogP contribution in [-0.2, 0) is 4.79 Å². The summed E-state index contributed by atoms with van der Waals surface area (Å²) in [5.41, 5.74) is 0.839. The molecule has 0 saturated carbocycles. The number of carbonyl (C=O) groups is 2. The van der Waals surface area contributed by atoms with Crippen LogP contribution in [0.25, 0.3) is 0 Å². The number of carbonyl (C=O) groups excluding carboxylic acids is 2. The van der Waals surface area contributed by atoms with Crippen molar-refractivity contribution in [3.05, 3.63) is 60.2 Å². The molecule has 5 nitrogen and oxygen atoms in total. The van der Waals surface area contributed by atoms with E-state index in [9.17, 15) is 9.59 Å². The standard InChI is InChI=1S/C16H14N2O3/c19-15-10-14(17-16(20)18-15)11-5-4-8-13(9-11)21-12-6-2-1-3-7-12/h1-9,14H,10H2,(H2,17,18,19,20)/t14-/m1/s1. The summed E-state index contributed by atoms with van der Waals surface area (Å²) >= 11 is 0. The zero-order valence-corrected chi connectivity index (χ0v) is 11.2. The van der Waals surface area contributed by atoms with Gasteiger partial charge in [-0.3, -0.25) is 10.1 Å². The van der Waals surface area contributed by atoms with Gasteiger partial charge in [0.2, 0.25) is 5.91 Å². The number of urea groups is 1. The molecule has 3 amide bonds. The van der Waals surface area contributed by atoms with Crippen molar-refractivity contribution in [2.24, 2.45) is 0 Å². The van der Waals surface area contributed by atoms with Crippen LogP contribution >= 0.6 is 0 Å². The summed E-state index contributed by atoms with van der Waals surface area (Å²) in [6, 6.07) is 16.0. The molecule has 0 spiro atoms. The van der Waals surface area contributed by atoms with E-state index in [2.05, 4.69) is 10.6 Å². The van der Waals surface area contributed by atoms with Gasteiger partial charge in [-0.2, -0.15) is 0 Å². The number of imide groups is 1. The van der Waals surface area contributed by atoms with Gasteiger partial charge < -0.3 is 10.1 Å². The van der Waals surface area contributed by atoms with E-state index in [0.717, 1.165) is 11.3 Å². The fourth-order valence-electron chi connectivity index (χ4n) is 2.23. The van der Waals surface area contributed by atoms with Gasteiger partial charge in [-0.25, -0.2) is 4.79 Å². The minimum Gasteiger partial charge on any atom is -0.457 e. The quantitative estimate of drug-likeness (QED) is 0.909. The highest BCUT2D eigenvalue weighted by Crippen LogP contribution is 2.26. The van der Waals surface area contributed by atoms with Crippen molar-refractivity contribution < 1.29 is 14.3 Å². The molecule has 106 valence electrons. The maximum atomic E-state index is 11.4. The Kier molecular flexibility index (Phi) is 3.55. The van der Waals surface area contributed by atoms with Gasteiger partial charge in [0, 0.05) is 0 Å². The molecule has 0 bridgehead atoms. The maximum absolute atomic E-state index is 11.4. The Bertz CT molecular complexity index is 654. The summed E-state index contributed by atoms with van der Waals surface area (Å²) in [5, 5.41) is 4.94. The van der Waals surface area contributed by atoms with Crippen molar-refractivity contribution in [3.8, 4) is 11.5 Å². The van der Waals surface area contributed by atoms with Crippen LogP contribution in [0.2, 0.25) is 0 Å². The first-order valence-corrected chi connectivity index (χ1v) is 6.64.